The molecule has 18 heavy (non-hydrogen) atoms. The SMILES string of the molecule is Cc1cc(=O)c(CN)nn1-c1ccc(Cl)cc1Cl. The second kappa shape index (κ2) is 5.10. The van der Waals surface area contributed by atoms with Crippen LogP contribution in [-0.4, -0.2) is 9.78 Å². The van der Waals surface area contributed by atoms with E-state index >= 15 is 0 Å². The zero-order valence-electron chi connectivity index (χ0n) is 9.65. The Morgan fingerprint density at radius 2 is 2.06 bits per heavy atom. The van der Waals surface area contributed by atoms with Crippen LogP contribution in [0.4, 0.5) is 0 Å². The number of hydrogen-bond acceptors (Lipinski definition) is 3. The molecular formula is C12H11Cl2N3O. The van der Waals surface area contributed by atoms with Crippen molar-refractivity contribution in [1.82, 2.24) is 9.78 Å². The Labute approximate surface area is 114 Å². The summed E-state index contributed by atoms with van der Waals surface area (Å²) in [6.45, 7) is 1.87. The molecule has 4 nitrogen and oxygen atoms in total. The van der Waals surface area contributed by atoms with Gasteiger partial charge in [-0.25, -0.2) is 4.68 Å². The summed E-state index contributed by atoms with van der Waals surface area (Å²) >= 11 is 12.0. The van der Waals surface area contributed by atoms with Gasteiger partial charge in [0.05, 0.1) is 10.7 Å². The fraction of sp³-hybridized carbons (Fsp3) is 0.167. The van der Waals surface area contributed by atoms with E-state index in [1.807, 2.05) is 0 Å². The third-order valence-corrected chi connectivity index (χ3v) is 3.05. The fourth-order valence-electron chi connectivity index (χ4n) is 1.62. The molecule has 0 spiro atoms. The van der Waals surface area contributed by atoms with Crippen LogP contribution >= 0.6 is 23.2 Å². The summed E-state index contributed by atoms with van der Waals surface area (Å²) in [4.78, 5) is 11.6. The van der Waals surface area contributed by atoms with Crippen molar-refractivity contribution in [1.29, 1.82) is 0 Å². The van der Waals surface area contributed by atoms with Gasteiger partial charge in [0.1, 0.15) is 5.69 Å². The molecule has 94 valence electrons. The van der Waals surface area contributed by atoms with Crippen molar-refractivity contribution >= 4 is 23.2 Å². The summed E-state index contributed by atoms with van der Waals surface area (Å²) in [6, 6.07) is 6.57. The van der Waals surface area contributed by atoms with Crippen molar-refractivity contribution in [3.63, 3.8) is 0 Å². The smallest absolute Gasteiger partial charge is 0.204 e. The second-order valence-corrected chi connectivity index (χ2v) is 4.65. The first-order valence-corrected chi connectivity index (χ1v) is 6.04. The summed E-state index contributed by atoms with van der Waals surface area (Å²) in [7, 11) is 0. The van der Waals surface area contributed by atoms with Gasteiger partial charge in [0.2, 0.25) is 5.43 Å². The lowest BCUT2D eigenvalue weighted by atomic mass is 10.3. The molecule has 1 aromatic carbocycles. The average Bonchev–Trinajstić information content (AvgIpc) is 2.30. The standard InChI is InChI=1S/C12H11Cl2N3O/c1-7-4-12(18)10(6-15)16-17(7)11-3-2-8(13)5-9(11)14/h2-5H,6,15H2,1H3. The Morgan fingerprint density at radius 1 is 1.33 bits per heavy atom. The van der Waals surface area contributed by atoms with Crippen LogP contribution in [0.15, 0.2) is 29.1 Å². The van der Waals surface area contributed by atoms with E-state index in [1.165, 1.54) is 6.07 Å². The van der Waals surface area contributed by atoms with Crippen LogP contribution in [0.5, 0.6) is 0 Å². The molecule has 0 unspecified atom stereocenters. The summed E-state index contributed by atoms with van der Waals surface area (Å²) < 4.78 is 1.59. The van der Waals surface area contributed by atoms with Crippen molar-refractivity contribution < 1.29 is 0 Å². The van der Waals surface area contributed by atoms with Crippen LogP contribution in [0.2, 0.25) is 10.0 Å². The van der Waals surface area contributed by atoms with Crippen LogP contribution in [0.1, 0.15) is 11.4 Å². The van der Waals surface area contributed by atoms with E-state index in [0.29, 0.717) is 27.1 Å². The highest BCUT2D eigenvalue weighted by Gasteiger charge is 2.09. The quantitative estimate of drug-likeness (QED) is 0.920. The van der Waals surface area contributed by atoms with Crippen LogP contribution in [0.25, 0.3) is 5.69 Å². The molecule has 0 amide bonds. The van der Waals surface area contributed by atoms with Crippen molar-refractivity contribution in [3.05, 3.63) is 55.9 Å². The Hall–Kier alpha value is -1.36. The lowest BCUT2D eigenvalue weighted by Crippen LogP contribution is -2.21. The minimum Gasteiger partial charge on any atom is -0.325 e. The topological polar surface area (TPSA) is 60.9 Å². The van der Waals surface area contributed by atoms with E-state index in [-0.39, 0.29) is 12.0 Å². The van der Waals surface area contributed by atoms with Gasteiger partial charge in [-0.3, -0.25) is 4.79 Å². The lowest BCUT2D eigenvalue weighted by Gasteiger charge is -2.12. The van der Waals surface area contributed by atoms with Gasteiger partial charge in [-0.05, 0) is 25.1 Å². The minimum absolute atomic E-state index is 0.0876. The second-order valence-electron chi connectivity index (χ2n) is 3.81. The highest BCUT2D eigenvalue weighted by Crippen LogP contribution is 2.24. The minimum atomic E-state index is -0.170. The molecule has 1 aromatic heterocycles. The van der Waals surface area contributed by atoms with Crippen molar-refractivity contribution in [2.24, 2.45) is 5.73 Å². The van der Waals surface area contributed by atoms with E-state index in [9.17, 15) is 4.79 Å². The zero-order chi connectivity index (χ0) is 13.3. The van der Waals surface area contributed by atoms with Crippen molar-refractivity contribution in [3.8, 4) is 5.69 Å². The first-order valence-electron chi connectivity index (χ1n) is 5.28. The molecule has 0 radical (unpaired) electrons. The van der Waals surface area contributed by atoms with E-state index in [2.05, 4.69) is 5.10 Å². The summed E-state index contributed by atoms with van der Waals surface area (Å²) in [6.07, 6.45) is 0. The molecule has 2 N–H and O–H groups in total. The van der Waals surface area contributed by atoms with Gasteiger partial charge in [-0.15, -0.1) is 0 Å². The number of nitrogens with two attached hydrogens (primary N) is 1. The third-order valence-electron chi connectivity index (χ3n) is 2.51. The summed E-state index contributed by atoms with van der Waals surface area (Å²) in [5.74, 6) is 0. The molecule has 0 aliphatic rings. The molecule has 0 atom stereocenters. The molecule has 6 heteroatoms. The zero-order valence-corrected chi connectivity index (χ0v) is 11.2. The highest BCUT2D eigenvalue weighted by molar-refractivity contribution is 6.35. The molecule has 0 aliphatic heterocycles. The van der Waals surface area contributed by atoms with E-state index in [1.54, 1.807) is 29.8 Å². The Balaban J connectivity index is 2.67. The molecule has 0 saturated heterocycles. The molecule has 0 bridgehead atoms. The molecule has 2 rings (SSSR count). The Bertz CT molecular complexity index is 652. The van der Waals surface area contributed by atoms with E-state index in [0.717, 1.165) is 0 Å². The molecular weight excluding hydrogens is 273 g/mol. The highest BCUT2D eigenvalue weighted by atomic mass is 35.5. The monoisotopic (exact) mass is 283 g/mol. The maximum absolute atomic E-state index is 11.6. The van der Waals surface area contributed by atoms with Crippen LogP contribution < -0.4 is 11.2 Å². The van der Waals surface area contributed by atoms with Crippen LogP contribution in [0, 0.1) is 6.92 Å². The number of rotatable bonds is 2. The van der Waals surface area contributed by atoms with E-state index in [4.69, 9.17) is 28.9 Å². The van der Waals surface area contributed by atoms with Crippen LogP contribution in [-0.2, 0) is 6.54 Å². The Kier molecular flexibility index (Phi) is 3.71. The number of nitrogens with zero attached hydrogens (tertiary/aromatic N) is 2. The number of hydrogen-bond donors (Lipinski definition) is 1. The number of aromatic nitrogens is 2. The molecule has 0 fully saturated rings. The first-order chi connectivity index (χ1) is 8.52. The molecule has 1 heterocycles. The summed E-state index contributed by atoms with van der Waals surface area (Å²) in [5, 5.41) is 5.21. The number of aryl methyl sites for hydroxylation is 1. The van der Waals surface area contributed by atoms with Gasteiger partial charge in [-0.2, -0.15) is 5.10 Å². The van der Waals surface area contributed by atoms with E-state index < -0.39 is 0 Å². The molecule has 2 aromatic rings. The maximum atomic E-state index is 11.6. The van der Waals surface area contributed by atoms with Gasteiger partial charge in [0.25, 0.3) is 0 Å². The first kappa shape index (κ1) is 13.1. The van der Waals surface area contributed by atoms with Crippen molar-refractivity contribution in [2.75, 3.05) is 0 Å². The summed E-state index contributed by atoms with van der Waals surface area (Å²) in [5.41, 5.74) is 6.95. The van der Waals surface area contributed by atoms with Crippen molar-refractivity contribution in [2.45, 2.75) is 13.5 Å². The van der Waals surface area contributed by atoms with Gasteiger partial charge in [0.15, 0.2) is 0 Å². The molecule has 0 saturated carbocycles. The lowest BCUT2D eigenvalue weighted by molar-refractivity contribution is 0.751. The van der Waals surface area contributed by atoms with Gasteiger partial charge in [0, 0.05) is 23.3 Å². The normalized spacial score (nSPS) is 10.7. The third kappa shape index (κ3) is 2.41. The predicted octanol–water partition coefficient (Wildman–Crippen LogP) is 2.31. The fourth-order valence-corrected chi connectivity index (χ4v) is 2.11. The Morgan fingerprint density at radius 3 is 2.67 bits per heavy atom. The number of halogens is 2. The van der Waals surface area contributed by atoms with Crippen LogP contribution in [0.3, 0.4) is 0 Å². The van der Waals surface area contributed by atoms with Gasteiger partial charge >= 0.3 is 0 Å². The maximum Gasteiger partial charge on any atom is 0.204 e. The largest absolute Gasteiger partial charge is 0.325 e. The predicted molar refractivity (Wildman–Crippen MR) is 72.5 cm³/mol. The molecule has 0 aliphatic carbocycles. The average molecular weight is 284 g/mol. The van der Waals surface area contributed by atoms with Gasteiger partial charge in [-0.1, -0.05) is 23.2 Å². The van der Waals surface area contributed by atoms with Gasteiger partial charge < -0.3 is 5.73 Å². The number of benzene rings is 1.